The molecule has 0 saturated carbocycles. The minimum Gasteiger partial charge on any atom is -0.497 e. The summed E-state index contributed by atoms with van der Waals surface area (Å²) in [6.45, 7) is 1.46. The zero-order valence-corrected chi connectivity index (χ0v) is 17.7. The molecule has 1 aliphatic rings. The minimum atomic E-state index is -0.123. The van der Waals surface area contributed by atoms with Gasteiger partial charge in [0.2, 0.25) is 5.91 Å². The predicted octanol–water partition coefficient (Wildman–Crippen LogP) is 4.02. The molecule has 2 aromatic carbocycles. The molecule has 1 N–H and O–H groups in total. The van der Waals surface area contributed by atoms with Crippen molar-refractivity contribution in [3.8, 4) is 22.8 Å². The van der Waals surface area contributed by atoms with Crippen molar-refractivity contribution >= 4 is 17.4 Å². The van der Waals surface area contributed by atoms with Crippen molar-refractivity contribution in [2.24, 2.45) is 5.92 Å². The molecule has 0 aliphatic carbocycles. The van der Waals surface area contributed by atoms with Crippen LogP contribution in [0.15, 0.2) is 60.7 Å². The molecule has 31 heavy (non-hydrogen) atoms. The van der Waals surface area contributed by atoms with E-state index < -0.39 is 0 Å². The van der Waals surface area contributed by atoms with Gasteiger partial charge < -0.3 is 19.7 Å². The van der Waals surface area contributed by atoms with Crippen LogP contribution in [-0.4, -0.2) is 43.4 Å². The first-order valence-corrected chi connectivity index (χ1v) is 10.3. The number of methoxy groups -OCH3 is 2. The maximum Gasteiger partial charge on any atom is 0.229 e. The number of amides is 1. The lowest BCUT2D eigenvalue weighted by molar-refractivity contribution is -0.120. The van der Waals surface area contributed by atoms with E-state index in [0.29, 0.717) is 18.0 Å². The molecule has 0 bridgehead atoms. The van der Waals surface area contributed by atoms with Crippen LogP contribution in [0.25, 0.3) is 11.3 Å². The Morgan fingerprint density at radius 1 is 1.00 bits per heavy atom. The Morgan fingerprint density at radius 2 is 1.81 bits per heavy atom. The van der Waals surface area contributed by atoms with Crippen molar-refractivity contribution in [2.75, 3.05) is 37.5 Å². The first kappa shape index (κ1) is 20.7. The van der Waals surface area contributed by atoms with E-state index in [0.717, 1.165) is 42.2 Å². The van der Waals surface area contributed by atoms with Gasteiger partial charge in [0.1, 0.15) is 11.5 Å². The van der Waals surface area contributed by atoms with Gasteiger partial charge in [-0.3, -0.25) is 4.79 Å². The van der Waals surface area contributed by atoms with Crippen molar-refractivity contribution in [1.82, 2.24) is 10.2 Å². The smallest absolute Gasteiger partial charge is 0.229 e. The van der Waals surface area contributed by atoms with Crippen LogP contribution in [0.1, 0.15) is 12.8 Å². The van der Waals surface area contributed by atoms with Gasteiger partial charge >= 0.3 is 0 Å². The third-order valence-corrected chi connectivity index (χ3v) is 5.52. The summed E-state index contributed by atoms with van der Waals surface area (Å²) in [5.74, 6) is 2.12. The second-order valence-electron chi connectivity index (χ2n) is 7.48. The molecule has 1 saturated heterocycles. The van der Waals surface area contributed by atoms with Gasteiger partial charge in [0.25, 0.3) is 0 Å². The van der Waals surface area contributed by atoms with Crippen LogP contribution >= 0.6 is 0 Å². The van der Waals surface area contributed by atoms with Crippen LogP contribution in [0.2, 0.25) is 0 Å². The highest BCUT2D eigenvalue weighted by atomic mass is 16.5. The third-order valence-electron chi connectivity index (χ3n) is 5.52. The first-order valence-electron chi connectivity index (χ1n) is 10.3. The molecular formula is C24H26N4O3. The van der Waals surface area contributed by atoms with Gasteiger partial charge in [-0.1, -0.05) is 12.1 Å². The van der Waals surface area contributed by atoms with Crippen LogP contribution in [0.3, 0.4) is 0 Å². The number of carbonyl (C=O) groups excluding carboxylic acids is 1. The molecule has 1 aromatic heterocycles. The van der Waals surface area contributed by atoms with Crippen LogP contribution in [0, 0.1) is 5.92 Å². The number of anilines is 2. The summed E-state index contributed by atoms with van der Waals surface area (Å²) in [6.07, 6.45) is 1.76. The molecule has 160 valence electrons. The van der Waals surface area contributed by atoms with E-state index in [4.69, 9.17) is 9.47 Å². The number of rotatable bonds is 6. The van der Waals surface area contributed by atoms with E-state index in [2.05, 4.69) is 20.4 Å². The summed E-state index contributed by atoms with van der Waals surface area (Å²) in [6, 6.07) is 19.1. The fourth-order valence-corrected chi connectivity index (χ4v) is 3.79. The summed E-state index contributed by atoms with van der Waals surface area (Å²) in [5, 5.41) is 11.8. The molecule has 1 atom stereocenters. The summed E-state index contributed by atoms with van der Waals surface area (Å²) < 4.78 is 10.5. The summed E-state index contributed by atoms with van der Waals surface area (Å²) in [4.78, 5) is 15.0. The van der Waals surface area contributed by atoms with Gasteiger partial charge in [-0.05, 0) is 61.4 Å². The van der Waals surface area contributed by atoms with E-state index in [1.807, 2.05) is 60.7 Å². The van der Waals surface area contributed by atoms with Crippen molar-refractivity contribution in [1.29, 1.82) is 0 Å². The van der Waals surface area contributed by atoms with Gasteiger partial charge in [-0.15, -0.1) is 10.2 Å². The lowest BCUT2D eigenvalue weighted by Gasteiger charge is -2.32. The standard InChI is InChI=1S/C24H26N4O3/c1-30-19-11-9-17(10-12-19)20-13-14-23(27-26-20)28-15-5-6-18(16-28)24(29)25-21-7-3-4-8-22(21)31-2/h3-4,7-14,18H,5-6,15-16H2,1-2H3,(H,25,29). The summed E-state index contributed by atoms with van der Waals surface area (Å²) >= 11 is 0. The number of para-hydroxylation sites is 2. The number of hydrogen-bond acceptors (Lipinski definition) is 6. The monoisotopic (exact) mass is 418 g/mol. The largest absolute Gasteiger partial charge is 0.497 e. The Morgan fingerprint density at radius 3 is 2.52 bits per heavy atom. The average molecular weight is 418 g/mol. The molecule has 1 aliphatic heterocycles. The molecule has 7 heteroatoms. The SMILES string of the molecule is COc1ccc(-c2ccc(N3CCCC(C(=O)Nc4ccccc4OC)C3)nn2)cc1. The Bertz CT molecular complexity index is 1020. The van der Waals surface area contributed by atoms with Crippen LogP contribution in [-0.2, 0) is 4.79 Å². The highest BCUT2D eigenvalue weighted by molar-refractivity contribution is 5.94. The Kier molecular flexibility index (Phi) is 6.31. The van der Waals surface area contributed by atoms with Crippen LogP contribution in [0.4, 0.5) is 11.5 Å². The van der Waals surface area contributed by atoms with Gasteiger partial charge in [0.15, 0.2) is 5.82 Å². The molecule has 1 fully saturated rings. The molecule has 7 nitrogen and oxygen atoms in total. The Hall–Kier alpha value is -3.61. The van der Waals surface area contributed by atoms with Gasteiger partial charge in [-0.2, -0.15) is 0 Å². The molecule has 3 aromatic rings. The van der Waals surface area contributed by atoms with E-state index in [-0.39, 0.29) is 11.8 Å². The van der Waals surface area contributed by atoms with Crippen molar-refractivity contribution in [3.05, 3.63) is 60.7 Å². The Balaban J connectivity index is 1.42. The molecule has 1 amide bonds. The quantitative estimate of drug-likeness (QED) is 0.652. The highest BCUT2D eigenvalue weighted by Gasteiger charge is 2.27. The Labute approximate surface area is 182 Å². The number of carbonyl (C=O) groups is 1. The number of ether oxygens (including phenoxy) is 2. The summed E-state index contributed by atoms with van der Waals surface area (Å²) in [7, 11) is 3.24. The maximum absolute atomic E-state index is 12.9. The number of hydrogen-bond donors (Lipinski definition) is 1. The number of nitrogens with one attached hydrogen (secondary N) is 1. The summed E-state index contributed by atoms with van der Waals surface area (Å²) in [5.41, 5.74) is 2.47. The second-order valence-corrected chi connectivity index (χ2v) is 7.48. The molecule has 0 radical (unpaired) electrons. The maximum atomic E-state index is 12.9. The van der Waals surface area contributed by atoms with E-state index in [1.54, 1.807) is 14.2 Å². The molecule has 0 spiro atoms. The molecule has 2 heterocycles. The van der Waals surface area contributed by atoms with Gasteiger partial charge in [0, 0.05) is 18.7 Å². The third kappa shape index (κ3) is 4.77. The zero-order chi connectivity index (χ0) is 21.6. The number of aromatic nitrogens is 2. The minimum absolute atomic E-state index is 0.00277. The molecule has 1 unspecified atom stereocenters. The topological polar surface area (TPSA) is 76.6 Å². The van der Waals surface area contributed by atoms with Gasteiger partial charge in [0.05, 0.1) is 31.5 Å². The normalized spacial score (nSPS) is 15.9. The predicted molar refractivity (Wildman–Crippen MR) is 121 cm³/mol. The fraction of sp³-hybridized carbons (Fsp3) is 0.292. The van der Waals surface area contributed by atoms with Crippen molar-refractivity contribution in [2.45, 2.75) is 12.8 Å². The van der Waals surface area contributed by atoms with E-state index in [9.17, 15) is 4.79 Å². The lowest BCUT2D eigenvalue weighted by atomic mass is 9.97. The fourth-order valence-electron chi connectivity index (χ4n) is 3.79. The lowest BCUT2D eigenvalue weighted by Crippen LogP contribution is -2.41. The van der Waals surface area contributed by atoms with Crippen molar-refractivity contribution in [3.63, 3.8) is 0 Å². The first-order chi connectivity index (χ1) is 15.2. The van der Waals surface area contributed by atoms with Crippen molar-refractivity contribution < 1.29 is 14.3 Å². The second kappa shape index (κ2) is 9.47. The zero-order valence-electron chi connectivity index (χ0n) is 17.7. The van der Waals surface area contributed by atoms with Crippen LogP contribution < -0.4 is 19.7 Å². The van der Waals surface area contributed by atoms with Crippen LogP contribution in [0.5, 0.6) is 11.5 Å². The van der Waals surface area contributed by atoms with E-state index in [1.165, 1.54) is 0 Å². The van der Waals surface area contributed by atoms with Gasteiger partial charge in [-0.25, -0.2) is 0 Å². The number of piperidine rings is 1. The number of nitrogens with zero attached hydrogens (tertiary/aromatic N) is 3. The molecular weight excluding hydrogens is 392 g/mol. The molecule has 4 rings (SSSR count). The highest BCUT2D eigenvalue weighted by Crippen LogP contribution is 2.27. The number of benzene rings is 2. The van der Waals surface area contributed by atoms with E-state index >= 15 is 0 Å². The average Bonchev–Trinajstić information content (AvgIpc) is 2.84.